The van der Waals surface area contributed by atoms with E-state index in [9.17, 15) is 0 Å². The highest BCUT2D eigenvalue weighted by atomic mass is 15.1. The van der Waals surface area contributed by atoms with E-state index in [-0.39, 0.29) is 0 Å². The van der Waals surface area contributed by atoms with Crippen LogP contribution >= 0.6 is 0 Å². The minimum absolute atomic E-state index is 0.650. The van der Waals surface area contributed by atoms with Gasteiger partial charge in [-0.2, -0.15) is 0 Å². The molecule has 18 heavy (non-hydrogen) atoms. The van der Waals surface area contributed by atoms with Crippen molar-refractivity contribution in [2.24, 2.45) is 5.11 Å². The van der Waals surface area contributed by atoms with Crippen molar-refractivity contribution in [1.82, 2.24) is 0 Å². The maximum absolute atomic E-state index is 8.61. The van der Waals surface area contributed by atoms with E-state index in [4.69, 9.17) is 5.53 Å². The molecule has 0 unspecified atom stereocenters. The molecule has 0 N–H and O–H groups in total. The summed E-state index contributed by atoms with van der Waals surface area (Å²) in [5.41, 5.74) is 12.4. The second-order valence-electron chi connectivity index (χ2n) is 3.77. The molecule has 0 radical (unpaired) electrons. The standard InChI is InChI=1S/C15H13N3/c1-2-15(17-18-16)14-11-7-6-10-13(14)12-8-4-3-5-9-12/h2-11H,1H3. The van der Waals surface area contributed by atoms with Gasteiger partial charge in [0.1, 0.15) is 0 Å². The smallest absolute Gasteiger partial charge is 0.0411 e. The lowest BCUT2D eigenvalue weighted by Crippen LogP contribution is -1.86. The quantitative estimate of drug-likeness (QED) is 0.407. The molecule has 0 aliphatic rings. The normalized spacial score (nSPS) is 10.8. The molecule has 88 valence electrons. The highest BCUT2D eigenvalue weighted by Crippen LogP contribution is 2.29. The molecule has 0 heterocycles. The molecule has 2 rings (SSSR count). The van der Waals surface area contributed by atoms with Gasteiger partial charge in [0.05, 0.1) is 0 Å². The van der Waals surface area contributed by atoms with Crippen LogP contribution in [0.3, 0.4) is 0 Å². The van der Waals surface area contributed by atoms with Crippen LogP contribution in [0.1, 0.15) is 12.5 Å². The average Bonchev–Trinajstić information content (AvgIpc) is 2.46. The molecule has 2 aromatic carbocycles. The van der Waals surface area contributed by atoms with Crippen LogP contribution in [-0.4, -0.2) is 0 Å². The number of benzene rings is 2. The highest BCUT2D eigenvalue weighted by molar-refractivity contribution is 5.80. The fraction of sp³-hybridized carbons (Fsp3) is 0.0667. The average molecular weight is 235 g/mol. The number of hydrogen-bond acceptors (Lipinski definition) is 1. The van der Waals surface area contributed by atoms with Crippen LogP contribution in [0.25, 0.3) is 27.3 Å². The number of allylic oxidation sites excluding steroid dienone is 1. The Morgan fingerprint density at radius 2 is 1.72 bits per heavy atom. The zero-order valence-electron chi connectivity index (χ0n) is 10.1. The molecule has 0 saturated carbocycles. The van der Waals surface area contributed by atoms with Crippen LogP contribution in [-0.2, 0) is 0 Å². The summed E-state index contributed by atoms with van der Waals surface area (Å²) in [5.74, 6) is 0. The van der Waals surface area contributed by atoms with E-state index >= 15 is 0 Å². The van der Waals surface area contributed by atoms with Crippen molar-refractivity contribution in [3.05, 3.63) is 76.7 Å². The molecule has 0 bridgehead atoms. The maximum atomic E-state index is 8.61. The molecular formula is C15H13N3. The maximum Gasteiger partial charge on any atom is 0.0411 e. The fourth-order valence-corrected chi connectivity index (χ4v) is 1.89. The first kappa shape index (κ1) is 12.0. The van der Waals surface area contributed by atoms with Gasteiger partial charge in [-0.1, -0.05) is 65.8 Å². The largest absolute Gasteiger partial charge is 0.0775 e. The molecule has 2 aromatic rings. The molecule has 0 atom stereocenters. The van der Waals surface area contributed by atoms with Crippen LogP contribution in [0.2, 0.25) is 0 Å². The zero-order chi connectivity index (χ0) is 12.8. The third-order valence-corrected chi connectivity index (χ3v) is 2.71. The van der Waals surface area contributed by atoms with Gasteiger partial charge in [0.2, 0.25) is 0 Å². The van der Waals surface area contributed by atoms with Gasteiger partial charge in [0, 0.05) is 10.6 Å². The Morgan fingerprint density at radius 1 is 1.06 bits per heavy atom. The van der Waals surface area contributed by atoms with Gasteiger partial charge in [0.25, 0.3) is 0 Å². The summed E-state index contributed by atoms with van der Waals surface area (Å²) in [5, 5.41) is 3.74. The molecule has 0 fully saturated rings. The van der Waals surface area contributed by atoms with Crippen molar-refractivity contribution in [2.45, 2.75) is 6.92 Å². The van der Waals surface area contributed by atoms with Crippen molar-refractivity contribution >= 4 is 5.70 Å². The summed E-state index contributed by atoms with van der Waals surface area (Å²) in [6.45, 7) is 1.87. The molecule has 0 aliphatic carbocycles. The molecule has 0 aromatic heterocycles. The van der Waals surface area contributed by atoms with Crippen molar-refractivity contribution in [2.75, 3.05) is 0 Å². The molecule has 0 aliphatic heterocycles. The Bertz CT molecular complexity index is 609. The molecule has 0 amide bonds. The number of rotatable bonds is 3. The van der Waals surface area contributed by atoms with Crippen molar-refractivity contribution < 1.29 is 0 Å². The summed E-state index contributed by atoms with van der Waals surface area (Å²) >= 11 is 0. The van der Waals surface area contributed by atoms with Gasteiger partial charge in [-0.3, -0.25) is 0 Å². The lowest BCUT2D eigenvalue weighted by atomic mass is 9.98. The van der Waals surface area contributed by atoms with Crippen LogP contribution in [0.5, 0.6) is 0 Å². The minimum atomic E-state index is 0.650. The topological polar surface area (TPSA) is 48.8 Å². The number of hydrogen-bond donors (Lipinski definition) is 0. The Balaban J connectivity index is 2.60. The lowest BCUT2D eigenvalue weighted by Gasteiger charge is -2.09. The number of azide groups is 1. The molecule has 0 saturated heterocycles. The summed E-state index contributed by atoms with van der Waals surface area (Å²) in [6, 6.07) is 18.0. The van der Waals surface area contributed by atoms with E-state index < -0.39 is 0 Å². The first-order chi connectivity index (χ1) is 8.86. The zero-order valence-corrected chi connectivity index (χ0v) is 10.1. The van der Waals surface area contributed by atoms with E-state index in [1.54, 1.807) is 0 Å². The van der Waals surface area contributed by atoms with Gasteiger partial charge in [-0.05, 0) is 29.1 Å². The van der Waals surface area contributed by atoms with Gasteiger partial charge < -0.3 is 0 Å². The molecule has 3 heteroatoms. The molecule has 3 nitrogen and oxygen atoms in total. The molecule has 0 spiro atoms. The second kappa shape index (κ2) is 5.71. The Hall–Kier alpha value is -2.51. The van der Waals surface area contributed by atoms with Gasteiger partial charge >= 0.3 is 0 Å². The van der Waals surface area contributed by atoms with Crippen molar-refractivity contribution in [3.8, 4) is 11.1 Å². The SMILES string of the molecule is CC=C(N=[N+]=[N-])c1ccccc1-c1ccccc1. The second-order valence-corrected chi connectivity index (χ2v) is 3.77. The van der Waals surface area contributed by atoms with Crippen LogP contribution < -0.4 is 0 Å². The monoisotopic (exact) mass is 235 g/mol. The van der Waals surface area contributed by atoms with E-state index in [2.05, 4.69) is 10.0 Å². The van der Waals surface area contributed by atoms with E-state index in [1.807, 2.05) is 67.6 Å². The Morgan fingerprint density at radius 3 is 2.39 bits per heavy atom. The molecular weight excluding hydrogens is 222 g/mol. The Kier molecular flexibility index (Phi) is 3.79. The lowest BCUT2D eigenvalue weighted by molar-refractivity contribution is 1.44. The first-order valence-electron chi connectivity index (χ1n) is 5.73. The summed E-state index contributed by atoms with van der Waals surface area (Å²) in [6.07, 6.45) is 1.82. The van der Waals surface area contributed by atoms with Gasteiger partial charge in [0.15, 0.2) is 0 Å². The third kappa shape index (κ3) is 2.42. The fourth-order valence-electron chi connectivity index (χ4n) is 1.89. The van der Waals surface area contributed by atoms with E-state index in [0.717, 1.165) is 16.7 Å². The summed E-state index contributed by atoms with van der Waals surface area (Å²) in [4.78, 5) is 2.87. The minimum Gasteiger partial charge on any atom is -0.0775 e. The van der Waals surface area contributed by atoms with Gasteiger partial charge in [-0.25, -0.2) is 0 Å². The van der Waals surface area contributed by atoms with Gasteiger partial charge in [-0.15, -0.1) is 0 Å². The van der Waals surface area contributed by atoms with E-state index in [1.165, 1.54) is 0 Å². The number of nitrogens with zero attached hydrogens (tertiary/aromatic N) is 3. The predicted molar refractivity (Wildman–Crippen MR) is 74.7 cm³/mol. The third-order valence-electron chi connectivity index (χ3n) is 2.71. The van der Waals surface area contributed by atoms with Crippen LogP contribution in [0, 0.1) is 0 Å². The Labute approximate surface area is 106 Å². The van der Waals surface area contributed by atoms with Crippen molar-refractivity contribution in [1.29, 1.82) is 0 Å². The van der Waals surface area contributed by atoms with E-state index in [0.29, 0.717) is 5.70 Å². The predicted octanol–water partition coefficient (Wildman–Crippen LogP) is 5.02. The summed E-state index contributed by atoms with van der Waals surface area (Å²) < 4.78 is 0. The highest BCUT2D eigenvalue weighted by Gasteiger charge is 2.06. The van der Waals surface area contributed by atoms with Crippen LogP contribution in [0.15, 0.2) is 65.8 Å². The summed E-state index contributed by atoms with van der Waals surface area (Å²) in [7, 11) is 0. The van der Waals surface area contributed by atoms with Crippen molar-refractivity contribution in [3.63, 3.8) is 0 Å². The van der Waals surface area contributed by atoms with Crippen LogP contribution in [0.4, 0.5) is 0 Å². The first-order valence-corrected chi connectivity index (χ1v) is 5.73.